The summed E-state index contributed by atoms with van der Waals surface area (Å²) < 4.78 is 38.8. The number of nitrogens with one attached hydrogen (secondary N) is 1. The lowest BCUT2D eigenvalue weighted by atomic mass is 10.1. The first-order chi connectivity index (χ1) is 13.9. The molecule has 4 aromatic rings. The second-order valence-corrected chi connectivity index (χ2v) is 7.63. The largest absolute Gasteiger partial charge is 0.493 e. The van der Waals surface area contributed by atoms with Crippen molar-refractivity contribution in [2.45, 2.75) is 27.2 Å². The van der Waals surface area contributed by atoms with Gasteiger partial charge in [-0.1, -0.05) is 31.5 Å². The molecule has 1 N–H and O–H groups in total. The van der Waals surface area contributed by atoms with Crippen molar-refractivity contribution in [1.29, 1.82) is 0 Å². The zero-order valence-corrected chi connectivity index (χ0v) is 16.6. The second kappa shape index (κ2) is 7.70. The number of aryl methyl sites for hydroxylation is 1. The van der Waals surface area contributed by atoms with E-state index < -0.39 is 11.6 Å². The molecular formula is C23H22F2N2O2. The number of H-pyrrole nitrogens is 1. The summed E-state index contributed by atoms with van der Waals surface area (Å²) in [6.07, 6.45) is 0.568. The molecule has 0 bridgehead atoms. The van der Waals surface area contributed by atoms with E-state index in [1.54, 1.807) is 6.07 Å². The van der Waals surface area contributed by atoms with Gasteiger partial charge in [-0.15, -0.1) is 0 Å². The van der Waals surface area contributed by atoms with E-state index in [-0.39, 0.29) is 0 Å². The van der Waals surface area contributed by atoms with Gasteiger partial charge in [0.15, 0.2) is 23.2 Å². The van der Waals surface area contributed by atoms with Crippen molar-refractivity contribution in [2.24, 2.45) is 5.92 Å². The van der Waals surface area contributed by atoms with Gasteiger partial charge in [-0.2, -0.15) is 0 Å². The first kappa shape index (κ1) is 19.2. The van der Waals surface area contributed by atoms with Crippen LogP contribution in [-0.2, 0) is 6.42 Å². The summed E-state index contributed by atoms with van der Waals surface area (Å²) >= 11 is 0. The summed E-state index contributed by atoms with van der Waals surface area (Å²) in [5.41, 5.74) is 2.95. The molecule has 0 aliphatic heterocycles. The van der Waals surface area contributed by atoms with Crippen molar-refractivity contribution in [3.63, 3.8) is 0 Å². The molecule has 0 radical (unpaired) electrons. The summed E-state index contributed by atoms with van der Waals surface area (Å²) in [5.74, 6) is 1.12. The number of aromatic amines is 1. The maximum absolute atomic E-state index is 13.4. The van der Waals surface area contributed by atoms with Crippen LogP contribution in [0.4, 0.5) is 8.78 Å². The topological polar surface area (TPSA) is 51.0 Å². The Morgan fingerprint density at radius 1 is 1.07 bits per heavy atom. The maximum atomic E-state index is 13.4. The van der Waals surface area contributed by atoms with E-state index in [0.717, 1.165) is 34.8 Å². The quantitative estimate of drug-likeness (QED) is 0.433. The van der Waals surface area contributed by atoms with Gasteiger partial charge in [0, 0.05) is 24.1 Å². The lowest BCUT2D eigenvalue weighted by molar-refractivity contribution is 0.268. The highest BCUT2D eigenvalue weighted by Gasteiger charge is 2.14. The zero-order chi connectivity index (χ0) is 20.5. The smallest absolute Gasteiger partial charge is 0.174 e. The van der Waals surface area contributed by atoms with E-state index in [1.165, 1.54) is 0 Å². The highest BCUT2D eigenvalue weighted by atomic mass is 19.2. The number of hydrogen-bond donors (Lipinski definition) is 1. The molecule has 0 atom stereocenters. The molecule has 0 amide bonds. The number of ether oxygens (including phenoxy) is 1. The van der Waals surface area contributed by atoms with E-state index in [2.05, 4.69) is 29.9 Å². The fourth-order valence-corrected chi connectivity index (χ4v) is 3.15. The van der Waals surface area contributed by atoms with Crippen LogP contribution in [0.5, 0.6) is 5.75 Å². The predicted molar refractivity (Wildman–Crippen MR) is 108 cm³/mol. The Morgan fingerprint density at radius 2 is 1.86 bits per heavy atom. The molecule has 2 aromatic heterocycles. The first-order valence-corrected chi connectivity index (χ1v) is 9.55. The van der Waals surface area contributed by atoms with Gasteiger partial charge in [0.05, 0.1) is 17.6 Å². The van der Waals surface area contributed by atoms with Gasteiger partial charge in [0.1, 0.15) is 11.5 Å². The molecule has 0 unspecified atom stereocenters. The minimum atomic E-state index is -0.927. The second-order valence-electron chi connectivity index (χ2n) is 7.63. The fraction of sp³-hybridized carbons (Fsp3) is 0.261. The molecule has 6 heteroatoms. The number of aromatic nitrogens is 2. The van der Waals surface area contributed by atoms with Crippen LogP contribution >= 0.6 is 0 Å². The number of hydrogen-bond acceptors (Lipinski definition) is 3. The van der Waals surface area contributed by atoms with Crippen LogP contribution < -0.4 is 4.74 Å². The molecule has 0 aliphatic rings. The Labute approximate surface area is 167 Å². The molecule has 0 spiro atoms. The van der Waals surface area contributed by atoms with Crippen LogP contribution in [0.1, 0.15) is 30.7 Å². The van der Waals surface area contributed by atoms with E-state index in [4.69, 9.17) is 9.15 Å². The van der Waals surface area contributed by atoms with E-state index in [9.17, 15) is 8.78 Å². The van der Waals surface area contributed by atoms with E-state index in [1.807, 2.05) is 25.1 Å². The number of nitrogens with zero attached hydrogens (tertiary/aromatic N) is 1. The number of imidazole rings is 1. The van der Waals surface area contributed by atoms with Crippen LogP contribution in [0, 0.1) is 24.5 Å². The Bertz CT molecular complexity index is 1120. The monoisotopic (exact) mass is 396 g/mol. The van der Waals surface area contributed by atoms with Crippen molar-refractivity contribution in [3.8, 4) is 17.3 Å². The molecule has 2 aromatic carbocycles. The van der Waals surface area contributed by atoms with Gasteiger partial charge >= 0.3 is 0 Å². The van der Waals surface area contributed by atoms with Gasteiger partial charge in [0.25, 0.3) is 0 Å². The normalized spacial score (nSPS) is 11.5. The van der Waals surface area contributed by atoms with Gasteiger partial charge in [-0.3, -0.25) is 0 Å². The predicted octanol–water partition coefficient (Wildman–Crippen LogP) is 6.04. The number of furan rings is 1. The number of fused-ring (bicyclic) bond motifs is 1. The SMILES string of the molecule is Cc1ccc(OCC(C)C)c(Cc2ccc(-c3nc4cc(F)c(F)cc4[nH]3)o2)c1. The Kier molecular flexibility index (Phi) is 5.09. The Balaban J connectivity index is 1.59. The van der Waals surface area contributed by atoms with Crippen LogP contribution in [0.15, 0.2) is 46.9 Å². The van der Waals surface area contributed by atoms with Crippen molar-refractivity contribution in [2.75, 3.05) is 6.61 Å². The molecule has 4 nitrogen and oxygen atoms in total. The summed E-state index contributed by atoms with van der Waals surface area (Å²) in [4.78, 5) is 7.28. The molecule has 0 fully saturated rings. The van der Waals surface area contributed by atoms with E-state index >= 15 is 0 Å². The standard InChI is InChI=1S/C23H22F2N2O2/c1-13(2)12-28-21-6-4-14(3)8-15(21)9-16-5-7-22(29-16)23-26-19-10-17(24)18(25)11-20(19)27-23/h4-8,10-11,13H,9,12H2,1-3H3,(H,26,27). The third-order valence-electron chi connectivity index (χ3n) is 4.57. The van der Waals surface area contributed by atoms with Gasteiger partial charge < -0.3 is 14.1 Å². The molecular weight excluding hydrogens is 374 g/mol. The van der Waals surface area contributed by atoms with Crippen LogP contribution in [-0.4, -0.2) is 16.6 Å². The Hall–Kier alpha value is -3.15. The molecule has 2 heterocycles. The van der Waals surface area contributed by atoms with Crippen molar-refractivity contribution < 1.29 is 17.9 Å². The van der Waals surface area contributed by atoms with Crippen molar-refractivity contribution >= 4 is 11.0 Å². The molecule has 29 heavy (non-hydrogen) atoms. The molecule has 150 valence electrons. The minimum Gasteiger partial charge on any atom is -0.493 e. The summed E-state index contributed by atoms with van der Waals surface area (Å²) in [6, 6.07) is 11.9. The van der Waals surface area contributed by atoms with Crippen LogP contribution in [0.3, 0.4) is 0 Å². The summed E-state index contributed by atoms with van der Waals surface area (Å²) in [7, 11) is 0. The van der Waals surface area contributed by atoms with Crippen molar-refractivity contribution in [3.05, 3.63) is 71.0 Å². The highest BCUT2D eigenvalue weighted by Crippen LogP contribution is 2.28. The van der Waals surface area contributed by atoms with Gasteiger partial charge in [0.2, 0.25) is 0 Å². The lowest BCUT2D eigenvalue weighted by Crippen LogP contribution is -2.06. The number of benzene rings is 2. The fourth-order valence-electron chi connectivity index (χ4n) is 3.15. The molecule has 0 aliphatic carbocycles. The average Bonchev–Trinajstić information content (AvgIpc) is 3.28. The van der Waals surface area contributed by atoms with Gasteiger partial charge in [-0.05, 0) is 31.0 Å². The summed E-state index contributed by atoms with van der Waals surface area (Å²) in [5, 5.41) is 0. The third-order valence-corrected chi connectivity index (χ3v) is 4.57. The molecule has 4 rings (SSSR count). The van der Waals surface area contributed by atoms with Crippen LogP contribution in [0.25, 0.3) is 22.6 Å². The summed E-state index contributed by atoms with van der Waals surface area (Å²) in [6.45, 7) is 6.90. The first-order valence-electron chi connectivity index (χ1n) is 9.55. The highest BCUT2D eigenvalue weighted by molar-refractivity contribution is 5.78. The lowest BCUT2D eigenvalue weighted by Gasteiger charge is -2.13. The maximum Gasteiger partial charge on any atom is 0.174 e. The molecule has 0 saturated carbocycles. The van der Waals surface area contributed by atoms with E-state index in [0.29, 0.717) is 41.6 Å². The Morgan fingerprint density at radius 3 is 2.66 bits per heavy atom. The number of halogens is 2. The average molecular weight is 396 g/mol. The minimum absolute atomic E-state index is 0.347. The molecule has 0 saturated heterocycles. The van der Waals surface area contributed by atoms with Gasteiger partial charge in [-0.25, -0.2) is 13.8 Å². The van der Waals surface area contributed by atoms with Crippen molar-refractivity contribution in [1.82, 2.24) is 9.97 Å². The van der Waals surface area contributed by atoms with Crippen LogP contribution in [0.2, 0.25) is 0 Å². The zero-order valence-electron chi connectivity index (χ0n) is 16.6. The number of rotatable bonds is 6. The third kappa shape index (κ3) is 4.16.